The lowest BCUT2D eigenvalue weighted by atomic mass is 10.2. The standard InChI is InChI=1S/C12H17BrN2O4/c1-15(2,3)7-8(6-11(16)17)14-12(18)9-4-5-10(13)19-9/h4-5,8H,6-7H2,1-3H3,(H-,14,16,17,18)/p+1/t8-/m1/s1. The molecule has 1 aromatic heterocycles. The van der Waals surface area contributed by atoms with E-state index in [4.69, 9.17) is 9.52 Å². The van der Waals surface area contributed by atoms with E-state index in [2.05, 4.69) is 21.2 Å². The van der Waals surface area contributed by atoms with Crippen LogP contribution in [0.3, 0.4) is 0 Å². The second-order valence-corrected chi connectivity index (χ2v) is 6.13. The van der Waals surface area contributed by atoms with Crippen LogP contribution in [-0.4, -0.2) is 55.2 Å². The molecule has 0 aromatic carbocycles. The Balaban J connectivity index is 2.71. The number of hydrogen-bond acceptors (Lipinski definition) is 3. The Morgan fingerprint density at radius 2 is 2.05 bits per heavy atom. The third-order valence-electron chi connectivity index (χ3n) is 2.32. The summed E-state index contributed by atoms with van der Waals surface area (Å²) < 4.78 is 6.15. The molecule has 0 unspecified atom stereocenters. The average Bonchev–Trinajstić information content (AvgIpc) is 2.60. The first kappa shape index (κ1) is 15.7. The first-order valence-corrected chi connectivity index (χ1v) is 6.55. The zero-order chi connectivity index (χ0) is 14.6. The van der Waals surface area contributed by atoms with Crippen molar-refractivity contribution in [3.63, 3.8) is 0 Å². The first-order valence-electron chi connectivity index (χ1n) is 5.76. The Morgan fingerprint density at radius 3 is 2.47 bits per heavy atom. The van der Waals surface area contributed by atoms with Crippen LogP contribution in [0.25, 0.3) is 0 Å². The Hall–Kier alpha value is -1.34. The molecule has 1 rings (SSSR count). The second kappa shape index (κ2) is 6.21. The minimum atomic E-state index is -0.945. The molecule has 1 amide bonds. The maximum atomic E-state index is 11.9. The van der Waals surface area contributed by atoms with Crippen LogP contribution in [0.2, 0.25) is 0 Å². The summed E-state index contributed by atoms with van der Waals surface area (Å²) in [6.45, 7) is 0.514. The van der Waals surface area contributed by atoms with Crippen molar-refractivity contribution in [3.05, 3.63) is 22.6 Å². The van der Waals surface area contributed by atoms with Gasteiger partial charge in [-0.25, -0.2) is 0 Å². The Kier molecular flexibility index (Phi) is 5.13. The maximum Gasteiger partial charge on any atom is 0.305 e. The quantitative estimate of drug-likeness (QED) is 0.769. The van der Waals surface area contributed by atoms with Gasteiger partial charge in [0.15, 0.2) is 10.4 Å². The topological polar surface area (TPSA) is 79.5 Å². The summed E-state index contributed by atoms with van der Waals surface area (Å²) in [6.07, 6.45) is -0.122. The van der Waals surface area contributed by atoms with Crippen LogP contribution in [0.4, 0.5) is 0 Å². The molecule has 19 heavy (non-hydrogen) atoms. The van der Waals surface area contributed by atoms with Crippen molar-refractivity contribution in [2.24, 2.45) is 0 Å². The fourth-order valence-electron chi connectivity index (χ4n) is 1.73. The summed E-state index contributed by atoms with van der Waals surface area (Å²) in [7, 11) is 5.81. The monoisotopic (exact) mass is 333 g/mol. The number of nitrogens with zero attached hydrogens (tertiary/aromatic N) is 1. The van der Waals surface area contributed by atoms with Crippen molar-refractivity contribution >= 4 is 27.8 Å². The fourth-order valence-corrected chi connectivity index (χ4v) is 2.03. The molecule has 2 N–H and O–H groups in total. The number of halogens is 1. The largest absolute Gasteiger partial charge is 0.481 e. The van der Waals surface area contributed by atoms with Gasteiger partial charge in [-0.2, -0.15) is 0 Å². The molecule has 1 atom stereocenters. The van der Waals surface area contributed by atoms with Crippen molar-refractivity contribution in [2.75, 3.05) is 27.7 Å². The van der Waals surface area contributed by atoms with Crippen LogP contribution < -0.4 is 5.32 Å². The number of furan rings is 1. The fraction of sp³-hybridized carbons (Fsp3) is 0.500. The van der Waals surface area contributed by atoms with Crippen molar-refractivity contribution < 1.29 is 23.6 Å². The molecule has 0 saturated carbocycles. The van der Waals surface area contributed by atoms with Crippen LogP contribution in [0.15, 0.2) is 21.2 Å². The van der Waals surface area contributed by atoms with Gasteiger partial charge in [0.25, 0.3) is 5.91 Å². The summed E-state index contributed by atoms with van der Waals surface area (Å²) in [4.78, 5) is 22.7. The van der Waals surface area contributed by atoms with E-state index >= 15 is 0 Å². The molecule has 0 spiro atoms. The second-order valence-electron chi connectivity index (χ2n) is 5.34. The van der Waals surface area contributed by atoms with Crippen molar-refractivity contribution in [1.29, 1.82) is 0 Å². The highest BCUT2D eigenvalue weighted by atomic mass is 79.9. The molecule has 6 nitrogen and oxygen atoms in total. The molecule has 1 aromatic rings. The normalized spacial score (nSPS) is 13.1. The van der Waals surface area contributed by atoms with E-state index in [0.29, 0.717) is 15.7 Å². The van der Waals surface area contributed by atoms with Crippen LogP contribution >= 0.6 is 15.9 Å². The van der Waals surface area contributed by atoms with Crippen LogP contribution in [0, 0.1) is 0 Å². The van der Waals surface area contributed by atoms with Gasteiger partial charge < -0.3 is 19.3 Å². The number of quaternary nitrogens is 1. The molecular weight excluding hydrogens is 316 g/mol. The van der Waals surface area contributed by atoms with Crippen LogP contribution in [0.5, 0.6) is 0 Å². The smallest absolute Gasteiger partial charge is 0.305 e. The molecule has 106 valence electrons. The number of aliphatic carboxylic acids is 1. The molecule has 7 heteroatoms. The van der Waals surface area contributed by atoms with Gasteiger partial charge in [-0.1, -0.05) is 0 Å². The zero-order valence-corrected chi connectivity index (χ0v) is 12.7. The molecule has 0 fully saturated rings. The Bertz CT molecular complexity index is 465. The highest BCUT2D eigenvalue weighted by Gasteiger charge is 2.24. The van der Waals surface area contributed by atoms with Gasteiger partial charge in [-0.15, -0.1) is 0 Å². The number of carboxylic acids is 1. The van der Waals surface area contributed by atoms with Crippen molar-refractivity contribution in [3.8, 4) is 0 Å². The third-order valence-corrected chi connectivity index (χ3v) is 2.75. The minimum absolute atomic E-state index is 0.122. The average molecular weight is 334 g/mol. The number of hydrogen-bond donors (Lipinski definition) is 2. The van der Waals surface area contributed by atoms with Gasteiger partial charge in [-0.05, 0) is 28.1 Å². The zero-order valence-electron chi connectivity index (χ0n) is 11.1. The highest BCUT2D eigenvalue weighted by Crippen LogP contribution is 2.14. The number of amides is 1. The van der Waals surface area contributed by atoms with E-state index in [-0.39, 0.29) is 12.2 Å². The van der Waals surface area contributed by atoms with Crippen molar-refractivity contribution in [1.82, 2.24) is 5.32 Å². The van der Waals surface area contributed by atoms with Gasteiger partial charge in [0, 0.05) is 0 Å². The lowest BCUT2D eigenvalue weighted by molar-refractivity contribution is -0.871. The van der Waals surface area contributed by atoms with Gasteiger partial charge in [-0.3, -0.25) is 9.59 Å². The summed E-state index contributed by atoms with van der Waals surface area (Å²) in [6, 6.07) is 2.69. The summed E-state index contributed by atoms with van der Waals surface area (Å²) >= 11 is 3.11. The number of rotatable bonds is 6. The molecule has 0 saturated heterocycles. The first-order chi connectivity index (χ1) is 8.67. The number of carbonyl (C=O) groups is 2. The molecule has 0 aliphatic rings. The summed E-state index contributed by atoms with van der Waals surface area (Å²) in [5, 5.41) is 11.6. The van der Waals surface area contributed by atoms with Crippen LogP contribution in [-0.2, 0) is 4.79 Å². The van der Waals surface area contributed by atoms with Gasteiger partial charge in [0.1, 0.15) is 0 Å². The van der Waals surface area contributed by atoms with E-state index in [1.165, 1.54) is 6.07 Å². The van der Waals surface area contributed by atoms with E-state index in [0.717, 1.165) is 0 Å². The SMILES string of the molecule is C[N+](C)(C)C[C@@H](CC(=O)O)NC(=O)c1ccc(Br)o1. The van der Waals surface area contributed by atoms with Gasteiger partial charge >= 0.3 is 5.97 Å². The minimum Gasteiger partial charge on any atom is -0.481 e. The molecule has 0 aliphatic heterocycles. The van der Waals surface area contributed by atoms with E-state index < -0.39 is 17.9 Å². The number of nitrogens with one attached hydrogen (secondary N) is 1. The predicted molar refractivity (Wildman–Crippen MR) is 72.8 cm³/mol. The van der Waals surface area contributed by atoms with Gasteiger partial charge in [0.2, 0.25) is 0 Å². The summed E-state index contributed by atoms with van der Waals surface area (Å²) in [5.74, 6) is -1.20. The lowest BCUT2D eigenvalue weighted by Gasteiger charge is -2.28. The predicted octanol–water partition coefficient (Wildman–Crippen LogP) is 1.32. The van der Waals surface area contributed by atoms with E-state index in [1.54, 1.807) is 6.07 Å². The maximum absolute atomic E-state index is 11.9. The van der Waals surface area contributed by atoms with E-state index in [9.17, 15) is 9.59 Å². The number of carboxylic acid groups (broad SMARTS) is 1. The Morgan fingerprint density at radius 1 is 1.42 bits per heavy atom. The molecular formula is C12H18BrN2O4+. The number of likely N-dealkylation sites (N-methyl/N-ethyl adjacent to an activating group) is 1. The molecule has 1 heterocycles. The van der Waals surface area contributed by atoms with Gasteiger partial charge in [0.05, 0.1) is 40.2 Å². The Labute approximate surface area is 120 Å². The number of carbonyl (C=O) groups excluding carboxylic acids is 1. The van der Waals surface area contributed by atoms with Crippen LogP contribution in [0.1, 0.15) is 17.0 Å². The van der Waals surface area contributed by atoms with E-state index in [1.807, 2.05) is 21.1 Å². The molecule has 0 aliphatic carbocycles. The summed E-state index contributed by atoms with van der Waals surface area (Å²) in [5.41, 5.74) is 0. The van der Waals surface area contributed by atoms with Crippen molar-refractivity contribution in [2.45, 2.75) is 12.5 Å². The lowest BCUT2D eigenvalue weighted by Crippen LogP contribution is -2.49. The molecule has 0 bridgehead atoms. The molecule has 0 radical (unpaired) electrons. The third kappa shape index (κ3) is 5.89. The highest BCUT2D eigenvalue weighted by molar-refractivity contribution is 9.10.